The Bertz CT molecular complexity index is 384. The first kappa shape index (κ1) is 11.9. The largest absolute Gasteiger partial charge is 0.232 e. The molecule has 0 spiro atoms. The monoisotopic (exact) mass is 250 g/mol. The first-order valence-electron chi connectivity index (χ1n) is 4.06. The molecule has 0 heterocycles. The molecule has 0 unspecified atom stereocenters. The molecule has 1 aromatic rings. The van der Waals surface area contributed by atoms with Gasteiger partial charge in [0.1, 0.15) is 0 Å². The summed E-state index contributed by atoms with van der Waals surface area (Å²) in [6.45, 7) is 0. The number of thioether (sulfide) groups is 1. The van der Waals surface area contributed by atoms with Gasteiger partial charge in [0.2, 0.25) is 9.05 Å². The molecule has 0 aliphatic rings. The molecular formula is C9H11ClO2S2. The fraction of sp³-hybridized carbons (Fsp3) is 0.333. The molecule has 0 aliphatic heterocycles. The molecule has 0 radical (unpaired) electrons. The van der Waals surface area contributed by atoms with Crippen molar-refractivity contribution in [1.82, 2.24) is 0 Å². The minimum Gasteiger partial charge on any atom is -0.212 e. The van der Waals surface area contributed by atoms with E-state index in [2.05, 4.69) is 0 Å². The van der Waals surface area contributed by atoms with Gasteiger partial charge < -0.3 is 0 Å². The highest BCUT2D eigenvalue weighted by Crippen LogP contribution is 2.15. The summed E-state index contributed by atoms with van der Waals surface area (Å²) in [6, 6.07) is 7.80. The van der Waals surface area contributed by atoms with Crippen LogP contribution >= 0.6 is 22.4 Å². The van der Waals surface area contributed by atoms with E-state index < -0.39 is 9.05 Å². The second kappa shape index (κ2) is 5.05. The third-order valence-corrected chi connectivity index (χ3v) is 3.69. The van der Waals surface area contributed by atoms with E-state index >= 15 is 0 Å². The zero-order valence-electron chi connectivity index (χ0n) is 7.73. The molecule has 5 heteroatoms. The molecule has 0 saturated heterocycles. The van der Waals surface area contributed by atoms with Crippen LogP contribution in [0.25, 0.3) is 0 Å². The average Bonchev–Trinajstić information content (AvgIpc) is 2.14. The minimum atomic E-state index is -3.37. The molecule has 0 bridgehead atoms. The SMILES string of the molecule is CSc1ccc(CCS(=O)(=O)Cl)cc1. The normalized spacial score (nSPS) is 11.6. The van der Waals surface area contributed by atoms with Crippen molar-refractivity contribution in [2.45, 2.75) is 11.3 Å². The molecular weight excluding hydrogens is 240 g/mol. The number of benzene rings is 1. The fourth-order valence-electron chi connectivity index (χ4n) is 1.03. The van der Waals surface area contributed by atoms with Gasteiger partial charge in [-0.1, -0.05) is 12.1 Å². The molecule has 0 aliphatic carbocycles. The molecule has 0 N–H and O–H groups in total. The van der Waals surface area contributed by atoms with Crippen molar-refractivity contribution in [2.24, 2.45) is 0 Å². The highest BCUT2D eigenvalue weighted by molar-refractivity contribution is 8.13. The summed E-state index contributed by atoms with van der Waals surface area (Å²) < 4.78 is 21.4. The van der Waals surface area contributed by atoms with E-state index in [0.29, 0.717) is 6.42 Å². The van der Waals surface area contributed by atoms with Crippen LogP contribution in [0.4, 0.5) is 0 Å². The van der Waals surface area contributed by atoms with E-state index in [-0.39, 0.29) is 5.75 Å². The van der Waals surface area contributed by atoms with Crippen LogP contribution in [0.3, 0.4) is 0 Å². The highest BCUT2D eigenvalue weighted by atomic mass is 35.7. The zero-order valence-corrected chi connectivity index (χ0v) is 10.1. The summed E-state index contributed by atoms with van der Waals surface area (Å²) in [5.74, 6) is -0.00678. The Kier molecular flexibility index (Phi) is 4.29. The first-order valence-corrected chi connectivity index (χ1v) is 7.77. The van der Waals surface area contributed by atoms with Gasteiger partial charge in [-0.3, -0.25) is 0 Å². The van der Waals surface area contributed by atoms with Gasteiger partial charge in [-0.15, -0.1) is 11.8 Å². The standard InChI is InChI=1S/C9H11ClO2S2/c1-13-9-4-2-8(3-5-9)6-7-14(10,11)12/h2-5H,6-7H2,1H3. The highest BCUT2D eigenvalue weighted by Gasteiger charge is 2.05. The fourth-order valence-corrected chi connectivity index (χ4v) is 2.15. The van der Waals surface area contributed by atoms with Crippen LogP contribution < -0.4 is 0 Å². The van der Waals surface area contributed by atoms with E-state index in [9.17, 15) is 8.42 Å². The Labute approximate surface area is 93.1 Å². The third kappa shape index (κ3) is 4.35. The lowest BCUT2D eigenvalue weighted by molar-refractivity contribution is 0.609. The summed E-state index contributed by atoms with van der Waals surface area (Å²) >= 11 is 1.66. The first-order chi connectivity index (χ1) is 6.51. The number of aryl methyl sites for hydroxylation is 1. The molecule has 0 saturated carbocycles. The van der Waals surface area contributed by atoms with Gasteiger partial charge in [-0.25, -0.2) is 8.42 Å². The topological polar surface area (TPSA) is 34.1 Å². The van der Waals surface area contributed by atoms with E-state index in [1.54, 1.807) is 11.8 Å². The van der Waals surface area contributed by atoms with Gasteiger partial charge >= 0.3 is 0 Å². The minimum absolute atomic E-state index is 0.00678. The lowest BCUT2D eigenvalue weighted by atomic mass is 10.2. The molecule has 0 aromatic heterocycles. The Morgan fingerprint density at radius 1 is 1.29 bits per heavy atom. The summed E-state index contributed by atoms with van der Waals surface area (Å²) in [5.41, 5.74) is 0.993. The van der Waals surface area contributed by atoms with Gasteiger partial charge in [0, 0.05) is 15.6 Å². The predicted molar refractivity (Wildman–Crippen MR) is 61.6 cm³/mol. The lowest BCUT2D eigenvalue weighted by Gasteiger charge is -2.00. The van der Waals surface area contributed by atoms with Gasteiger partial charge in [-0.2, -0.15) is 0 Å². The molecule has 78 valence electrons. The van der Waals surface area contributed by atoms with Crippen molar-refractivity contribution in [3.05, 3.63) is 29.8 Å². The molecule has 1 aromatic carbocycles. The summed E-state index contributed by atoms with van der Waals surface area (Å²) in [5, 5.41) is 0. The van der Waals surface area contributed by atoms with Crippen LogP contribution in [0.2, 0.25) is 0 Å². The van der Waals surface area contributed by atoms with E-state index in [1.807, 2.05) is 30.5 Å². The Balaban J connectivity index is 2.61. The zero-order chi connectivity index (χ0) is 10.6. The van der Waals surface area contributed by atoms with E-state index in [0.717, 1.165) is 5.56 Å². The van der Waals surface area contributed by atoms with Gasteiger partial charge in [0.05, 0.1) is 5.75 Å². The predicted octanol–water partition coefficient (Wildman–Crippen LogP) is 2.52. The quantitative estimate of drug-likeness (QED) is 0.608. The molecule has 0 atom stereocenters. The third-order valence-electron chi connectivity index (χ3n) is 1.79. The van der Waals surface area contributed by atoms with E-state index in [1.165, 1.54) is 4.90 Å². The van der Waals surface area contributed by atoms with Crippen molar-refractivity contribution in [3.8, 4) is 0 Å². The van der Waals surface area contributed by atoms with Crippen molar-refractivity contribution < 1.29 is 8.42 Å². The maximum atomic E-state index is 10.7. The number of hydrogen-bond acceptors (Lipinski definition) is 3. The average molecular weight is 251 g/mol. The Hall–Kier alpha value is -0.190. The van der Waals surface area contributed by atoms with Crippen molar-refractivity contribution >= 4 is 31.5 Å². The van der Waals surface area contributed by atoms with Crippen molar-refractivity contribution in [2.75, 3.05) is 12.0 Å². The van der Waals surface area contributed by atoms with Crippen LogP contribution in [-0.2, 0) is 15.5 Å². The summed E-state index contributed by atoms with van der Waals surface area (Å²) in [4.78, 5) is 1.17. The van der Waals surface area contributed by atoms with Crippen molar-refractivity contribution in [1.29, 1.82) is 0 Å². The smallest absolute Gasteiger partial charge is 0.212 e. The van der Waals surface area contributed by atoms with Crippen LogP contribution in [0.1, 0.15) is 5.56 Å². The van der Waals surface area contributed by atoms with Crippen LogP contribution in [-0.4, -0.2) is 20.4 Å². The molecule has 0 amide bonds. The molecule has 1 rings (SSSR count). The molecule has 2 nitrogen and oxygen atoms in total. The van der Waals surface area contributed by atoms with E-state index in [4.69, 9.17) is 10.7 Å². The van der Waals surface area contributed by atoms with Gasteiger partial charge in [0.25, 0.3) is 0 Å². The second-order valence-electron chi connectivity index (χ2n) is 2.84. The van der Waals surface area contributed by atoms with Gasteiger partial charge in [0.15, 0.2) is 0 Å². The number of halogens is 1. The second-order valence-corrected chi connectivity index (χ2v) is 6.62. The number of hydrogen-bond donors (Lipinski definition) is 0. The van der Waals surface area contributed by atoms with Crippen LogP contribution in [0.15, 0.2) is 29.2 Å². The van der Waals surface area contributed by atoms with Crippen LogP contribution in [0, 0.1) is 0 Å². The number of rotatable bonds is 4. The lowest BCUT2D eigenvalue weighted by Crippen LogP contribution is -2.00. The van der Waals surface area contributed by atoms with Crippen LogP contribution in [0.5, 0.6) is 0 Å². The van der Waals surface area contributed by atoms with Crippen molar-refractivity contribution in [3.63, 3.8) is 0 Å². The summed E-state index contributed by atoms with van der Waals surface area (Å²) in [7, 11) is 1.74. The Morgan fingerprint density at radius 2 is 1.86 bits per heavy atom. The summed E-state index contributed by atoms with van der Waals surface area (Å²) in [6.07, 6.45) is 2.47. The Morgan fingerprint density at radius 3 is 2.29 bits per heavy atom. The maximum absolute atomic E-state index is 10.7. The molecule has 0 fully saturated rings. The van der Waals surface area contributed by atoms with Gasteiger partial charge in [-0.05, 0) is 30.4 Å². The molecule has 14 heavy (non-hydrogen) atoms. The maximum Gasteiger partial charge on any atom is 0.232 e.